The number of rotatable bonds is 7. The Hall–Kier alpha value is -1.81. The minimum atomic E-state index is -4.50. The molecule has 0 saturated heterocycles. The molecule has 0 fully saturated rings. The van der Waals surface area contributed by atoms with Crippen LogP contribution in [-0.4, -0.2) is 45.0 Å². The Bertz CT molecular complexity index is 913. The maximum absolute atomic E-state index is 13.5. The summed E-state index contributed by atoms with van der Waals surface area (Å²) in [6.07, 6.45) is -3.65. The number of hydrogen-bond donors (Lipinski definition) is 1. The Kier molecular flexibility index (Phi) is 8.15. The summed E-state index contributed by atoms with van der Waals surface area (Å²) in [5.74, 6) is -0.432. The van der Waals surface area contributed by atoms with Gasteiger partial charge >= 0.3 is 6.18 Å². The second kappa shape index (κ2) is 10.00. The largest absolute Gasteiger partial charge is 0.416 e. The van der Waals surface area contributed by atoms with Crippen molar-refractivity contribution in [2.75, 3.05) is 44.4 Å². The molecular formula is C22H27F3IN3O. The van der Waals surface area contributed by atoms with E-state index in [1.54, 1.807) is 12.1 Å². The van der Waals surface area contributed by atoms with Crippen LogP contribution in [0, 0.1) is 17.4 Å². The van der Waals surface area contributed by atoms with Gasteiger partial charge in [0.2, 0.25) is 0 Å². The minimum absolute atomic E-state index is 0.00891. The van der Waals surface area contributed by atoms with Gasteiger partial charge < -0.3 is 15.1 Å². The van der Waals surface area contributed by atoms with Crippen molar-refractivity contribution < 1.29 is 18.0 Å². The summed E-state index contributed by atoms with van der Waals surface area (Å²) in [5, 5.41) is 2.74. The van der Waals surface area contributed by atoms with Crippen LogP contribution in [0.1, 0.15) is 33.5 Å². The maximum atomic E-state index is 13.5. The summed E-state index contributed by atoms with van der Waals surface area (Å²) in [5.41, 5.74) is 1.45. The van der Waals surface area contributed by atoms with E-state index in [0.29, 0.717) is 17.8 Å². The molecule has 1 N–H and O–H groups in total. The van der Waals surface area contributed by atoms with Crippen molar-refractivity contribution in [1.82, 2.24) is 4.90 Å². The third kappa shape index (κ3) is 6.10. The van der Waals surface area contributed by atoms with Crippen LogP contribution in [0.15, 0.2) is 30.3 Å². The Balaban J connectivity index is 2.42. The molecule has 30 heavy (non-hydrogen) atoms. The lowest BCUT2D eigenvalue weighted by Gasteiger charge is -2.26. The zero-order valence-electron chi connectivity index (χ0n) is 17.8. The summed E-state index contributed by atoms with van der Waals surface area (Å²) in [4.78, 5) is 16.8. The molecule has 164 valence electrons. The van der Waals surface area contributed by atoms with E-state index >= 15 is 0 Å². The second-order valence-corrected chi connectivity index (χ2v) is 8.79. The van der Waals surface area contributed by atoms with Crippen LogP contribution in [0.25, 0.3) is 0 Å². The lowest BCUT2D eigenvalue weighted by molar-refractivity contribution is -0.138. The van der Waals surface area contributed by atoms with Gasteiger partial charge in [-0.1, -0.05) is 6.07 Å². The summed E-state index contributed by atoms with van der Waals surface area (Å²) < 4.78 is 41.4. The fourth-order valence-electron chi connectivity index (χ4n) is 3.14. The van der Waals surface area contributed by atoms with Gasteiger partial charge in [0.1, 0.15) is 0 Å². The number of hydrogen-bond acceptors (Lipinski definition) is 3. The molecule has 0 aromatic heterocycles. The molecule has 0 saturated carbocycles. The van der Waals surface area contributed by atoms with Crippen LogP contribution in [0.4, 0.5) is 24.5 Å². The van der Waals surface area contributed by atoms with Crippen molar-refractivity contribution in [2.24, 2.45) is 0 Å². The van der Waals surface area contributed by atoms with E-state index in [9.17, 15) is 18.0 Å². The summed E-state index contributed by atoms with van der Waals surface area (Å²) in [6, 6.07) is 7.74. The van der Waals surface area contributed by atoms with Crippen LogP contribution in [0.5, 0.6) is 0 Å². The van der Waals surface area contributed by atoms with E-state index in [1.165, 1.54) is 13.0 Å². The van der Waals surface area contributed by atoms with Gasteiger partial charge in [-0.2, -0.15) is 13.2 Å². The standard InChI is InChI=1S/C22H27F3IN3O/c1-14-7-8-16(13-18(14)26)21(30)27-20-15(2)17(22(23,24)25)9-10-19(20)29(5)12-6-11-28(3)4/h7-10,13H,6,11-12H2,1-5H3,(H,27,30). The van der Waals surface area contributed by atoms with Crippen molar-refractivity contribution in [3.05, 3.63) is 56.2 Å². The Morgan fingerprint density at radius 2 is 1.73 bits per heavy atom. The highest BCUT2D eigenvalue weighted by atomic mass is 127. The fourth-order valence-corrected chi connectivity index (χ4v) is 3.66. The Morgan fingerprint density at radius 1 is 1.07 bits per heavy atom. The first-order chi connectivity index (χ1) is 13.9. The predicted octanol–water partition coefficient (Wildman–Crippen LogP) is 5.57. The zero-order valence-corrected chi connectivity index (χ0v) is 20.0. The van der Waals surface area contributed by atoms with Crippen molar-refractivity contribution in [3.63, 3.8) is 0 Å². The lowest BCUT2D eigenvalue weighted by Crippen LogP contribution is -2.26. The average molecular weight is 533 g/mol. The molecule has 0 spiro atoms. The fraction of sp³-hybridized carbons (Fsp3) is 0.409. The Morgan fingerprint density at radius 3 is 2.30 bits per heavy atom. The van der Waals surface area contributed by atoms with Gasteiger partial charge in [-0.15, -0.1) is 0 Å². The first-order valence-corrected chi connectivity index (χ1v) is 10.6. The molecule has 2 rings (SSSR count). The minimum Gasteiger partial charge on any atom is -0.373 e. The van der Waals surface area contributed by atoms with E-state index in [2.05, 4.69) is 27.9 Å². The van der Waals surface area contributed by atoms with Crippen LogP contribution in [0.3, 0.4) is 0 Å². The smallest absolute Gasteiger partial charge is 0.373 e. The lowest BCUT2D eigenvalue weighted by atomic mass is 10.0. The number of carbonyl (C=O) groups is 1. The summed E-state index contributed by atoms with van der Waals surface area (Å²) in [6.45, 7) is 4.83. The molecule has 8 heteroatoms. The average Bonchev–Trinajstić information content (AvgIpc) is 2.63. The van der Waals surface area contributed by atoms with Gasteiger partial charge in [0.25, 0.3) is 5.91 Å². The number of nitrogens with zero attached hydrogens (tertiary/aromatic N) is 2. The van der Waals surface area contributed by atoms with Crippen LogP contribution < -0.4 is 10.2 Å². The molecular weight excluding hydrogens is 506 g/mol. The van der Waals surface area contributed by atoms with E-state index in [1.807, 2.05) is 43.9 Å². The highest BCUT2D eigenvalue weighted by Gasteiger charge is 2.34. The van der Waals surface area contributed by atoms with Gasteiger partial charge in [-0.3, -0.25) is 4.79 Å². The summed E-state index contributed by atoms with van der Waals surface area (Å²) in [7, 11) is 5.76. The normalized spacial score (nSPS) is 11.7. The van der Waals surface area contributed by atoms with Crippen molar-refractivity contribution in [3.8, 4) is 0 Å². The molecule has 0 aliphatic heterocycles. The molecule has 0 unspecified atom stereocenters. The van der Waals surface area contributed by atoms with Gasteiger partial charge in [0.15, 0.2) is 0 Å². The second-order valence-electron chi connectivity index (χ2n) is 7.63. The first-order valence-electron chi connectivity index (χ1n) is 9.56. The first kappa shape index (κ1) is 24.5. The van der Waals surface area contributed by atoms with Gasteiger partial charge in [-0.05, 0) is 98.9 Å². The van der Waals surface area contributed by atoms with Crippen molar-refractivity contribution in [1.29, 1.82) is 0 Å². The molecule has 0 bridgehead atoms. The number of aryl methyl sites for hydroxylation is 1. The molecule has 0 radical (unpaired) electrons. The van der Waals surface area contributed by atoms with E-state index in [4.69, 9.17) is 0 Å². The number of anilines is 2. The molecule has 4 nitrogen and oxygen atoms in total. The predicted molar refractivity (Wildman–Crippen MR) is 124 cm³/mol. The molecule has 0 aliphatic carbocycles. The van der Waals surface area contributed by atoms with Gasteiger partial charge in [-0.25, -0.2) is 0 Å². The Labute approximate surface area is 189 Å². The van der Waals surface area contributed by atoms with Gasteiger partial charge in [0, 0.05) is 22.7 Å². The highest BCUT2D eigenvalue weighted by molar-refractivity contribution is 14.1. The quantitative estimate of drug-likeness (QED) is 0.473. The van der Waals surface area contributed by atoms with E-state index in [-0.39, 0.29) is 11.3 Å². The van der Waals surface area contributed by atoms with Crippen LogP contribution in [0.2, 0.25) is 0 Å². The van der Waals surface area contributed by atoms with E-state index in [0.717, 1.165) is 28.2 Å². The van der Waals surface area contributed by atoms with E-state index < -0.39 is 17.6 Å². The SMILES string of the molecule is Cc1ccc(C(=O)Nc2c(N(C)CCCN(C)C)ccc(C(F)(F)F)c2C)cc1I. The number of nitrogens with one attached hydrogen (secondary N) is 1. The summed E-state index contributed by atoms with van der Waals surface area (Å²) >= 11 is 2.13. The molecule has 2 aromatic carbocycles. The van der Waals surface area contributed by atoms with Crippen LogP contribution in [-0.2, 0) is 6.18 Å². The number of halogens is 4. The number of benzene rings is 2. The highest BCUT2D eigenvalue weighted by Crippen LogP contribution is 2.39. The molecule has 0 atom stereocenters. The molecule has 2 aromatic rings. The molecule has 0 heterocycles. The third-order valence-electron chi connectivity index (χ3n) is 4.93. The third-order valence-corrected chi connectivity index (χ3v) is 6.09. The topological polar surface area (TPSA) is 35.6 Å². The number of carbonyl (C=O) groups excluding carboxylic acids is 1. The van der Waals surface area contributed by atoms with Gasteiger partial charge in [0.05, 0.1) is 16.9 Å². The van der Waals surface area contributed by atoms with Crippen molar-refractivity contribution >= 4 is 39.9 Å². The molecule has 1 amide bonds. The number of amides is 1. The van der Waals surface area contributed by atoms with Crippen molar-refractivity contribution in [2.45, 2.75) is 26.4 Å². The number of alkyl halides is 3. The molecule has 0 aliphatic rings. The zero-order chi connectivity index (χ0) is 22.6. The maximum Gasteiger partial charge on any atom is 0.416 e. The van der Waals surface area contributed by atoms with Crippen LogP contribution >= 0.6 is 22.6 Å². The monoisotopic (exact) mass is 533 g/mol.